The van der Waals surface area contributed by atoms with Gasteiger partial charge in [-0.3, -0.25) is 9.59 Å². The van der Waals surface area contributed by atoms with E-state index in [1.807, 2.05) is 44.2 Å². The first-order valence-corrected chi connectivity index (χ1v) is 11.1. The van der Waals surface area contributed by atoms with Gasteiger partial charge < -0.3 is 14.1 Å². The molecule has 0 fully saturated rings. The fourth-order valence-corrected chi connectivity index (χ4v) is 4.54. The van der Waals surface area contributed by atoms with Crippen molar-refractivity contribution in [3.8, 4) is 5.75 Å². The summed E-state index contributed by atoms with van der Waals surface area (Å²) in [6, 6.07) is 16.5. The molecule has 2 heterocycles. The fraction of sp³-hybridized carbons (Fsp3) is 0.214. The highest BCUT2D eigenvalue weighted by atomic mass is 19.1. The summed E-state index contributed by atoms with van der Waals surface area (Å²) < 4.78 is 24.9. The highest BCUT2D eigenvalue weighted by Crippen LogP contribution is 2.38. The summed E-state index contributed by atoms with van der Waals surface area (Å²) in [5.41, 5.74) is 4.12. The molecule has 0 saturated heterocycles. The molecule has 5 rings (SSSR count). The van der Waals surface area contributed by atoms with Crippen molar-refractivity contribution < 1.29 is 18.3 Å². The van der Waals surface area contributed by atoms with Crippen LogP contribution in [0.2, 0.25) is 0 Å². The van der Waals surface area contributed by atoms with Crippen LogP contribution in [0.1, 0.15) is 44.4 Å². The largest absolute Gasteiger partial charge is 0.497 e. The Hall–Kier alpha value is -3.93. The van der Waals surface area contributed by atoms with E-state index in [0.717, 1.165) is 22.4 Å². The summed E-state index contributed by atoms with van der Waals surface area (Å²) in [7, 11) is 1.61. The summed E-state index contributed by atoms with van der Waals surface area (Å²) in [4.78, 5) is 28.8. The second-order valence-corrected chi connectivity index (χ2v) is 8.66. The normalized spacial score (nSPS) is 15.1. The van der Waals surface area contributed by atoms with Gasteiger partial charge >= 0.3 is 0 Å². The van der Waals surface area contributed by atoms with Gasteiger partial charge in [-0.25, -0.2) is 4.39 Å². The SMILES string of the molecule is COc1ccc(CCN2C(=O)c3oc4cc(C)c(C)cc4c(=O)c3[C@@H]2c2ccc(F)cc2)cc1. The summed E-state index contributed by atoms with van der Waals surface area (Å²) >= 11 is 0. The summed E-state index contributed by atoms with van der Waals surface area (Å²) in [5, 5.41) is 0.443. The van der Waals surface area contributed by atoms with E-state index in [1.165, 1.54) is 12.1 Å². The van der Waals surface area contributed by atoms with E-state index in [0.29, 0.717) is 35.1 Å². The molecule has 0 radical (unpaired) electrons. The quantitative estimate of drug-likeness (QED) is 0.406. The van der Waals surface area contributed by atoms with Crippen LogP contribution in [0.15, 0.2) is 69.9 Å². The molecule has 1 aliphatic rings. The molecule has 0 aliphatic carbocycles. The highest BCUT2D eigenvalue weighted by Gasteiger charge is 2.42. The molecule has 0 bridgehead atoms. The molecule has 1 aromatic heterocycles. The van der Waals surface area contributed by atoms with Gasteiger partial charge in [0, 0.05) is 6.54 Å². The predicted molar refractivity (Wildman–Crippen MR) is 128 cm³/mol. The highest BCUT2D eigenvalue weighted by molar-refractivity contribution is 5.99. The minimum absolute atomic E-state index is 0.0600. The van der Waals surface area contributed by atoms with Crippen LogP contribution in [0.3, 0.4) is 0 Å². The molecule has 1 atom stereocenters. The maximum Gasteiger partial charge on any atom is 0.290 e. The molecule has 1 amide bonds. The number of carbonyl (C=O) groups excluding carboxylic acids is 1. The van der Waals surface area contributed by atoms with Crippen LogP contribution in [0.4, 0.5) is 4.39 Å². The van der Waals surface area contributed by atoms with E-state index in [1.54, 1.807) is 30.2 Å². The molecule has 0 N–H and O–H groups in total. The molecule has 0 saturated carbocycles. The number of carbonyl (C=O) groups is 1. The van der Waals surface area contributed by atoms with Gasteiger partial charge in [0.15, 0.2) is 5.43 Å². The zero-order valence-corrected chi connectivity index (χ0v) is 19.2. The zero-order valence-electron chi connectivity index (χ0n) is 19.2. The fourth-order valence-electron chi connectivity index (χ4n) is 4.54. The Morgan fingerprint density at radius 1 is 0.971 bits per heavy atom. The molecule has 6 heteroatoms. The Morgan fingerprint density at radius 3 is 2.32 bits per heavy atom. The van der Waals surface area contributed by atoms with E-state index in [9.17, 15) is 14.0 Å². The molecule has 3 aromatic carbocycles. The van der Waals surface area contributed by atoms with E-state index >= 15 is 0 Å². The number of nitrogens with zero attached hydrogens (tertiary/aromatic N) is 1. The second kappa shape index (κ2) is 8.45. The van der Waals surface area contributed by atoms with Crippen molar-refractivity contribution in [2.75, 3.05) is 13.7 Å². The second-order valence-electron chi connectivity index (χ2n) is 8.66. The van der Waals surface area contributed by atoms with Crippen LogP contribution in [0, 0.1) is 19.7 Å². The molecule has 4 aromatic rings. The van der Waals surface area contributed by atoms with Gasteiger partial charge in [0.1, 0.15) is 17.1 Å². The minimum Gasteiger partial charge on any atom is -0.497 e. The number of amides is 1. The average molecular weight is 458 g/mol. The zero-order chi connectivity index (χ0) is 24.0. The number of methoxy groups -OCH3 is 1. The Morgan fingerprint density at radius 2 is 1.65 bits per heavy atom. The molecular weight excluding hydrogens is 433 g/mol. The van der Waals surface area contributed by atoms with Gasteiger partial charge in [-0.15, -0.1) is 0 Å². The smallest absolute Gasteiger partial charge is 0.290 e. The van der Waals surface area contributed by atoms with Crippen molar-refractivity contribution in [1.29, 1.82) is 0 Å². The van der Waals surface area contributed by atoms with Crippen molar-refractivity contribution >= 4 is 16.9 Å². The third-order valence-electron chi connectivity index (χ3n) is 6.57. The maximum absolute atomic E-state index is 13.7. The van der Waals surface area contributed by atoms with Gasteiger partial charge in [-0.05, 0) is 78.9 Å². The minimum atomic E-state index is -0.649. The third-order valence-corrected chi connectivity index (χ3v) is 6.57. The number of aryl methyl sites for hydroxylation is 2. The third kappa shape index (κ3) is 3.65. The van der Waals surface area contributed by atoms with Crippen molar-refractivity contribution in [3.63, 3.8) is 0 Å². The molecule has 5 nitrogen and oxygen atoms in total. The Balaban J connectivity index is 1.61. The van der Waals surface area contributed by atoms with E-state index in [-0.39, 0.29) is 22.9 Å². The van der Waals surface area contributed by atoms with E-state index < -0.39 is 6.04 Å². The predicted octanol–water partition coefficient (Wildman–Crippen LogP) is 5.35. The molecule has 1 aliphatic heterocycles. The van der Waals surface area contributed by atoms with Gasteiger partial charge in [0.25, 0.3) is 5.91 Å². The number of halogens is 1. The van der Waals surface area contributed by atoms with E-state index in [4.69, 9.17) is 9.15 Å². The summed E-state index contributed by atoms with van der Waals surface area (Å²) in [6.45, 7) is 4.24. The van der Waals surface area contributed by atoms with Crippen LogP contribution >= 0.6 is 0 Å². The monoisotopic (exact) mass is 457 g/mol. The lowest BCUT2D eigenvalue weighted by atomic mass is 9.97. The average Bonchev–Trinajstić information content (AvgIpc) is 3.11. The molecule has 172 valence electrons. The van der Waals surface area contributed by atoms with Crippen LogP contribution < -0.4 is 10.2 Å². The molecule has 0 spiro atoms. The molecule has 0 unspecified atom stereocenters. The summed E-state index contributed by atoms with van der Waals surface area (Å²) in [5.74, 6) is 0.0965. The topological polar surface area (TPSA) is 59.8 Å². The van der Waals surface area contributed by atoms with Crippen LogP contribution in [0.5, 0.6) is 5.75 Å². The Bertz CT molecular complexity index is 1460. The van der Waals surface area contributed by atoms with Gasteiger partial charge in [-0.1, -0.05) is 24.3 Å². The number of fused-ring (bicyclic) bond motifs is 2. The van der Waals surface area contributed by atoms with Crippen LogP contribution in [-0.2, 0) is 6.42 Å². The van der Waals surface area contributed by atoms with Crippen molar-refractivity contribution in [2.24, 2.45) is 0 Å². The standard InChI is InChI=1S/C28H24FNO4/c1-16-14-22-23(15-17(16)2)34-27-24(26(22)31)25(19-6-8-20(29)9-7-19)30(28(27)32)13-12-18-4-10-21(33-3)11-5-18/h4-11,14-15,25H,12-13H2,1-3H3/t25-/m0/s1. The lowest BCUT2D eigenvalue weighted by Crippen LogP contribution is -2.31. The number of hydrogen-bond acceptors (Lipinski definition) is 4. The first-order valence-electron chi connectivity index (χ1n) is 11.1. The van der Waals surface area contributed by atoms with Crippen LogP contribution in [0.25, 0.3) is 11.0 Å². The van der Waals surface area contributed by atoms with Gasteiger partial charge in [0.05, 0.1) is 24.1 Å². The Labute approximate surface area is 196 Å². The Kier molecular flexibility index (Phi) is 5.44. The maximum atomic E-state index is 13.7. The number of hydrogen-bond donors (Lipinski definition) is 0. The number of rotatable bonds is 5. The lowest BCUT2D eigenvalue weighted by Gasteiger charge is -2.25. The van der Waals surface area contributed by atoms with Crippen molar-refractivity contribution in [1.82, 2.24) is 4.90 Å². The first kappa shape index (κ1) is 21.9. The number of ether oxygens (including phenoxy) is 1. The van der Waals surface area contributed by atoms with Crippen LogP contribution in [-0.4, -0.2) is 24.5 Å². The van der Waals surface area contributed by atoms with Crippen molar-refractivity contribution in [3.05, 3.63) is 110 Å². The first-order chi connectivity index (χ1) is 16.4. The summed E-state index contributed by atoms with van der Waals surface area (Å²) in [6.07, 6.45) is 0.577. The molecular formula is C28H24FNO4. The van der Waals surface area contributed by atoms with E-state index in [2.05, 4.69) is 0 Å². The molecule has 34 heavy (non-hydrogen) atoms. The lowest BCUT2D eigenvalue weighted by molar-refractivity contribution is 0.0730. The number of benzene rings is 3. The van der Waals surface area contributed by atoms with Crippen molar-refractivity contribution in [2.45, 2.75) is 26.3 Å². The van der Waals surface area contributed by atoms with Gasteiger partial charge in [-0.2, -0.15) is 0 Å². The van der Waals surface area contributed by atoms with Gasteiger partial charge in [0.2, 0.25) is 5.76 Å².